The summed E-state index contributed by atoms with van der Waals surface area (Å²) in [6.45, 7) is 4.51. The predicted molar refractivity (Wildman–Crippen MR) is 77.0 cm³/mol. The van der Waals surface area contributed by atoms with Gasteiger partial charge in [0.1, 0.15) is 0 Å². The van der Waals surface area contributed by atoms with Crippen molar-refractivity contribution < 1.29 is 0 Å². The van der Waals surface area contributed by atoms with E-state index in [1.807, 2.05) is 18.2 Å². The first kappa shape index (κ1) is 14.3. The molecule has 0 spiro atoms. The smallest absolute Gasteiger partial charge is 0.0595 e. The summed E-state index contributed by atoms with van der Waals surface area (Å²) in [5.41, 5.74) is 1.24. The number of rotatable bonds is 5. The molecule has 0 fully saturated rings. The van der Waals surface area contributed by atoms with E-state index < -0.39 is 0 Å². The highest BCUT2D eigenvalue weighted by Crippen LogP contribution is 2.25. The van der Waals surface area contributed by atoms with Gasteiger partial charge in [0.05, 0.1) is 10.0 Å². The van der Waals surface area contributed by atoms with E-state index in [4.69, 9.17) is 23.2 Å². The van der Waals surface area contributed by atoms with Crippen molar-refractivity contribution in [1.29, 1.82) is 0 Å². The standard InChI is InChI=1S/C13H17BrCl2/c1-3-9(2)6-11(14)7-10-4-5-12(15)13(16)8-10/h4-5,8-9,11H,3,6-7H2,1-2H3. The third kappa shape index (κ3) is 4.65. The maximum atomic E-state index is 5.98. The Kier molecular flexibility index (Phi) is 6.17. The maximum Gasteiger partial charge on any atom is 0.0595 e. The van der Waals surface area contributed by atoms with Crippen LogP contribution in [0.5, 0.6) is 0 Å². The Morgan fingerprint density at radius 3 is 2.50 bits per heavy atom. The van der Waals surface area contributed by atoms with Gasteiger partial charge in [0.15, 0.2) is 0 Å². The zero-order chi connectivity index (χ0) is 12.1. The fourth-order valence-corrected chi connectivity index (χ4v) is 2.94. The molecule has 0 saturated heterocycles. The van der Waals surface area contributed by atoms with Crippen LogP contribution in [0, 0.1) is 5.92 Å². The Labute approximate surface area is 116 Å². The average Bonchev–Trinajstić information content (AvgIpc) is 2.23. The molecule has 1 aromatic carbocycles. The molecule has 0 radical (unpaired) electrons. The van der Waals surface area contributed by atoms with Crippen molar-refractivity contribution in [3.05, 3.63) is 33.8 Å². The number of halogens is 3. The summed E-state index contributed by atoms with van der Waals surface area (Å²) in [6, 6.07) is 5.86. The van der Waals surface area contributed by atoms with Gasteiger partial charge in [-0.2, -0.15) is 0 Å². The molecular formula is C13H17BrCl2. The summed E-state index contributed by atoms with van der Waals surface area (Å²) < 4.78 is 0. The van der Waals surface area contributed by atoms with Crippen molar-refractivity contribution in [2.45, 2.75) is 37.9 Å². The van der Waals surface area contributed by atoms with E-state index in [-0.39, 0.29) is 0 Å². The van der Waals surface area contributed by atoms with Gasteiger partial charge in [-0.1, -0.05) is 65.5 Å². The molecule has 2 unspecified atom stereocenters. The average molecular weight is 324 g/mol. The van der Waals surface area contributed by atoms with E-state index in [9.17, 15) is 0 Å². The van der Waals surface area contributed by atoms with E-state index in [0.717, 1.165) is 12.3 Å². The van der Waals surface area contributed by atoms with Gasteiger partial charge in [0, 0.05) is 4.83 Å². The monoisotopic (exact) mass is 322 g/mol. The largest absolute Gasteiger partial charge is 0.0887 e. The van der Waals surface area contributed by atoms with E-state index in [2.05, 4.69) is 29.8 Å². The first-order valence-electron chi connectivity index (χ1n) is 5.61. The minimum atomic E-state index is 0.514. The highest BCUT2D eigenvalue weighted by Gasteiger charge is 2.10. The van der Waals surface area contributed by atoms with Crippen LogP contribution in [0.2, 0.25) is 10.0 Å². The van der Waals surface area contributed by atoms with Gasteiger partial charge in [0.2, 0.25) is 0 Å². The zero-order valence-corrected chi connectivity index (χ0v) is 12.7. The van der Waals surface area contributed by atoms with Gasteiger partial charge in [-0.15, -0.1) is 0 Å². The third-order valence-corrected chi connectivity index (χ3v) is 4.23. The third-order valence-electron chi connectivity index (χ3n) is 2.80. The van der Waals surface area contributed by atoms with Crippen LogP contribution in [0.25, 0.3) is 0 Å². The molecule has 0 N–H and O–H groups in total. The molecule has 90 valence electrons. The fraction of sp³-hybridized carbons (Fsp3) is 0.538. The molecule has 2 atom stereocenters. The van der Waals surface area contributed by atoms with Crippen molar-refractivity contribution in [1.82, 2.24) is 0 Å². The molecule has 16 heavy (non-hydrogen) atoms. The highest BCUT2D eigenvalue weighted by molar-refractivity contribution is 9.09. The van der Waals surface area contributed by atoms with Gasteiger partial charge in [-0.05, 0) is 36.5 Å². The maximum absolute atomic E-state index is 5.98. The van der Waals surface area contributed by atoms with Gasteiger partial charge in [0.25, 0.3) is 0 Å². The van der Waals surface area contributed by atoms with E-state index in [0.29, 0.717) is 14.9 Å². The first-order chi connectivity index (χ1) is 7.52. The van der Waals surface area contributed by atoms with Gasteiger partial charge < -0.3 is 0 Å². The van der Waals surface area contributed by atoms with Crippen LogP contribution in [0.3, 0.4) is 0 Å². The quantitative estimate of drug-likeness (QED) is 0.606. The molecule has 0 nitrogen and oxygen atoms in total. The van der Waals surface area contributed by atoms with E-state index in [1.165, 1.54) is 18.4 Å². The molecule has 0 aliphatic heterocycles. The Morgan fingerprint density at radius 1 is 1.25 bits per heavy atom. The van der Waals surface area contributed by atoms with Crippen LogP contribution >= 0.6 is 39.1 Å². The number of hydrogen-bond donors (Lipinski definition) is 0. The molecule has 0 aromatic heterocycles. The first-order valence-corrected chi connectivity index (χ1v) is 7.28. The molecule has 1 rings (SSSR count). The zero-order valence-electron chi connectivity index (χ0n) is 9.64. The number of benzene rings is 1. The second-order valence-corrected chi connectivity index (χ2v) is 6.41. The van der Waals surface area contributed by atoms with Crippen LogP contribution in [0.4, 0.5) is 0 Å². The van der Waals surface area contributed by atoms with E-state index in [1.54, 1.807) is 0 Å². The molecule has 3 heteroatoms. The van der Waals surface area contributed by atoms with Gasteiger partial charge in [-0.3, -0.25) is 0 Å². The van der Waals surface area contributed by atoms with Crippen LogP contribution in [-0.2, 0) is 6.42 Å². The van der Waals surface area contributed by atoms with Crippen LogP contribution < -0.4 is 0 Å². The van der Waals surface area contributed by atoms with Crippen LogP contribution in [0.1, 0.15) is 32.3 Å². The predicted octanol–water partition coefficient (Wildman–Crippen LogP) is 5.74. The van der Waals surface area contributed by atoms with Crippen molar-refractivity contribution in [2.24, 2.45) is 5.92 Å². The van der Waals surface area contributed by atoms with Gasteiger partial charge >= 0.3 is 0 Å². The second-order valence-electron chi connectivity index (χ2n) is 4.30. The molecular weight excluding hydrogens is 307 g/mol. The molecule has 1 aromatic rings. The lowest BCUT2D eigenvalue weighted by molar-refractivity contribution is 0.507. The lowest BCUT2D eigenvalue weighted by Gasteiger charge is -2.14. The van der Waals surface area contributed by atoms with Crippen molar-refractivity contribution >= 4 is 39.1 Å². The minimum absolute atomic E-state index is 0.514. The summed E-state index contributed by atoms with van der Waals surface area (Å²) in [4.78, 5) is 0.514. The Balaban J connectivity index is 2.56. The van der Waals surface area contributed by atoms with Crippen LogP contribution in [0.15, 0.2) is 18.2 Å². The summed E-state index contributed by atoms with van der Waals surface area (Å²) in [5, 5.41) is 1.26. The minimum Gasteiger partial charge on any atom is -0.0887 e. The topological polar surface area (TPSA) is 0 Å². The van der Waals surface area contributed by atoms with Crippen molar-refractivity contribution in [2.75, 3.05) is 0 Å². The summed E-state index contributed by atoms with van der Waals surface area (Å²) in [7, 11) is 0. The highest BCUT2D eigenvalue weighted by atomic mass is 79.9. The normalized spacial score (nSPS) is 14.8. The lowest BCUT2D eigenvalue weighted by Crippen LogP contribution is -2.08. The Morgan fingerprint density at radius 2 is 1.94 bits per heavy atom. The SMILES string of the molecule is CCC(C)CC(Br)Cc1ccc(Cl)c(Cl)c1. The molecule has 0 saturated carbocycles. The van der Waals surface area contributed by atoms with Crippen molar-refractivity contribution in [3.8, 4) is 0 Å². The van der Waals surface area contributed by atoms with Crippen molar-refractivity contribution in [3.63, 3.8) is 0 Å². The van der Waals surface area contributed by atoms with Gasteiger partial charge in [-0.25, -0.2) is 0 Å². The molecule has 0 bridgehead atoms. The molecule has 0 aliphatic rings. The molecule has 0 amide bonds. The molecule has 0 heterocycles. The number of hydrogen-bond acceptors (Lipinski definition) is 0. The summed E-state index contributed by atoms with van der Waals surface area (Å²) >= 11 is 15.6. The van der Waals surface area contributed by atoms with Crippen LogP contribution in [-0.4, -0.2) is 4.83 Å². The lowest BCUT2D eigenvalue weighted by atomic mass is 9.99. The number of alkyl halides is 1. The molecule has 0 aliphatic carbocycles. The van der Waals surface area contributed by atoms with E-state index >= 15 is 0 Å². The fourth-order valence-electron chi connectivity index (χ4n) is 1.61. The second kappa shape index (κ2) is 6.88. The Bertz CT molecular complexity index is 339. The summed E-state index contributed by atoms with van der Waals surface area (Å²) in [5.74, 6) is 0.757. The summed E-state index contributed by atoms with van der Waals surface area (Å²) in [6.07, 6.45) is 3.42. The Hall–Kier alpha value is 0.280.